The smallest absolute Gasteiger partial charge is 0.287 e. The van der Waals surface area contributed by atoms with Crippen molar-refractivity contribution in [1.29, 1.82) is 0 Å². The summed E-state index contributed by atoms with van der Waals surface area (Å²) in [5, 5.41) is 4.64. The Morgan fingerprint density at radius 3 is 2.77 bits per heavy atom. The summed E-state index contributed by atoms with van der Waals surface area (Å²) in [5.74, 6) is -1.99. The number of nitrogens with one attached hydrogen (secondary N) is 2. The Bertz CT molecular complexity index is 1440. The van der Waals surface area contributed by atoms with Crippen LogP contribution in [0.1, 0.15) is 32.9 Å². The fourth-order valence-corrected chi connectivity index (χ4v) is 4.82. The first-order chi connectivity index (χ1) is 16.7. The number of carbonyl (C=O) groups is 4. The number of Topliss-reactive ketones (excluding diaryl/α,β-unsaturated/α-hetero) is 1. The second-order valence-electron chi connectivity index (χ2n) is 8.07. The molecule has 1 aromatic carbocycles. The molecular formula is C23H22N6O5S. The van der Waals surface area contributed by atoms with Crippen LogP contribution in [-0.2, 0) is 40.3 Å². The van der Waals surface area contributed by atoms with E-state index in [2.05, 4.69) is 15.3 Å². The number of ketones is 1. The molecule has 0 bridgehead atoms. The van der Waals surface area contributed by atoms with Gasteiger partial charge >= 0.3 is 0 Å². The normalized spacial score (nSPS) is 13.4. The number of nitrogens with two attached hydrogens (primary N) is 2. The van der Waals surface area contributed by atoms with Crippen molar-refractivity contribution in [3.8, 4) is 0 Å². The van der Waals surface area contributed by atoms with Crippen LogP contribution < -0.4 is 22.3 Å². The number of benzene rings is 1. The zero-order chi connectivity index (χ0) is 25.1. The van der Waals surface area contributed by atoms with Gasteiger partial charge in [-0.25, -0.2) is 4.98 Å². The van der Waals surface area contributed by atoms with Gasteiger partial charge in [-0.1, -0.05) is 18.2 Å². The molecule has 1 aliphatic rings. The first kappa shape index (κ1) is 23.8. The van der Waals surface area contributed by atoms with E-state index in [0.717, 1.165) is 34.4 Å². The van der Waals surface area contributed by atoms with E-state index in [0.29, 0.717) is 23.5 Å². The number of carbonyl (C=O) groups excluding carboxylic acids is 4. The monoisotopic (exact) mass is 494 g/mol. The summed E-state index contributed by atoms with van der Waals surface area (Å²) in [7, 11) is 0. The molecule has 3 aromatic rings. The molecule has 2 amide bonds. The van der Waals surface area contributed by atoms with E-state index in [1.165, 1.54) is 6.20 Å². The van der Waals surface area contributed by atoms with Gasteiger partial charge in [0.2, 0.25) is 17.5 Å². The van der Waals surface area contributed by atoms with E-state index < -0.39 is 23.2 Å². The van der Waals surface area contributed by atoms with Gasteiger partial charge in [-0.2, -0.15) is 0 Å². The fourth-order valence-electron chi connectivity index (χ4n) is 3.88. The average Bonchev–Trinajstić information content (AvgIpc) is 3.24. The van der Waals surface area contributed by atoms with Crippen LogP contribution in [0.5, 0.6) is 0 Å². The van der Waals surface area contributed by atoms with Crippen LogP contribution in [0, 0.1) is 0 Å². The van der Waals surface area contributed by atoms with Gasteiger partial charge in [0.25, 0.3) is 11.5 Å². The fraction of sp³-hybridized carbons (Fsp3) is 0.217. The molecule has 3 heterocycles. The highest BCUT2D eigenvalue weighted by Crippen LogP contribution is 2.22. The summed E-state index contributed by atoms with van der Waals surface area (Å²) in [6.45, 7) is 1.36. The first-order valence-electron chi connectivity index (χ1n) is 10.6. The standard InChI is InChI=1S/C23H22N6O5S/c24-16(17(31)10-30)9-29-4-3-13-2-1-12(5-14(13)8-29)7-26-22(34)20-27-21(33)19-15(6-18(25)32)11-35-23(19)28-20/h1-2,5,9-11H,3-4,6-8,24H2,(H2,25,32)(H,26,34)(H,27,28,33)/b16-9-. The van der Waals surface area contributed by atoms with Crippen LogP contribution in [-0.4, -0.2) is 45.3 Å². The van der Waals surface area contributed by atoms with E-state index >= 15 is 0 Å². The van der Waals surface area contributed by atoms with Gasteiger partial charge in [-0.3, -0.25) is 24.0 Å². The molecule has 12 heteroatoms. The molecular weight excluding hydrogens is 472 g/mol. The maximum atomic E-state index is 12.6. The second kappa shape index (κ2) is 9.89. The van der Waals surface area contributed by atoms with Crippen LogP contribution in [0.2, 0.25) is 0 Å². The minimum Gasteiger partial charge on any atom is -0.394 e. The van der Waals surface area contributed by atoms with E-state index in [1.807, 2.05) is 23.1 Å². The number of amides is 2. The molecule has 0 unspecified atom stereocenters. The lowest BCUT2D eigenvalue weighted by Crippen LogP contribution is -2.29. The van der Waals surface area contributed by atoms with Gasteiger partial charge in [0.15, 0.2) is 6.29 Å². The Morgan fingerprint density at radius 1 is 1.23 bits per heavy atom. The summed E-state index contributed by atoms with van der Waals surface area (Å²) in [5.41, 5.74) is 13.7. The zero-order valence-corrected chi connectivity index (χ0v) is 19.3. The molecule has 180 valence electrons. The van der Waals surface area contributed by atoms with Crippen molar-refractivity contribution < 1.29 is 19.2 Å². The van der Waals surface area contributed by atoms with Crippen LogP contribution in [0.3, 0.4) is 0 Å². The number of primary amides is 1. The second-order valence-corrected chi connectivity index (χ2v) is 8.93. The van der Waals surface area contributed by atoms with E-state index in [9.17, 15) is 24.0 Å². The van der Waals surface area contributed by atoms with Crippen molar-refractivity contribution in [3.63, 3.8) is 0 Å². The lowest BCUT2D eigenvalue weighted by atomic mass is 9.97. The molecule has 0 saturated carbocycles. The van der Waals surface area contributed by atoms with E-state index in [-0.39, 0.29) is 36.2 Å². The summed E-state index contributed by atoms with van der Waals surface area (Å²) < 4.78 is 0. The zero-order valence-electron chi connectivity index (χ0n) is 18.5. The molecule has 0 aliphatic carbocycles. The van der Waals surface area contributed by atoms with Crippen LogP contribution in [0.4, 0.5) is 0 Å². The number of aromatic amines is 1. The number of thiophene rings is 1. The number of aldehydes is 1. The summed E-state index contributed by atoms with van der Waals surface area (Å²) in [4.78, 5) is 67.3. The van der Waals surface area contributed by atoms with E-state index in [1.54, 1.807) is 5.38 Å². The molecule has 0 atom stereocenters. The Kier molecular flexibility index (Phi) is 6.73. The Labute approximate surface area is 202 Å². The predicted octanol–water partition coefficient (Wildman–Crippen LogP) is -0.131. The Hall–Kier alpha value is -4.32. The highest BCUT2D eigenvalue weighted by atomic mass is 32.1. The van der Waals surface area contributed by atoms with Crippen molar-refractivity contribution in [2.24, 2.45) is 11.5 Å². The van der Waals surface area contributed by atoms with Gasteiger partial charge < -0.3 is 26.7 Å². The first-order valence-corrected chi connectivity index (χ1v) is 11.5. The molecule has 35 heavy (non-hydrogen) atoms. The number of aromatic nitrogens is 2. The topological polar surface area (TPSA) is 181 Å². The van der Waals surface area contributed by atoms with Crippen LogP contribution in [0.15, 0.2) is 40.3 Å². The van der Waals surface area contributed by atoms with Gasteiger partial charge in [0.05, 0.1) is 17.5 Å². The third kappa shape index (κ3) is 5.27. The highest BCUT2D eigenvalue weighted by Gasteiger charge is 2.18. The van der Waals surface area contributed by atoms with Crippen LogP contribution in [0.25, 0.3) is 10.2 Å². The minimum atomic E-state index is -0.760. The largest absolute Gasteiger partial charge is 0.394 e. The van der Waals surface area contributed by atoms with Gasteiger partial charge in [0.1, 0.15) is 4.83 Å². The maximum absolute atomic E-state index is 12.6. The van der Waals surface area contributed by atoms with Gasteiger partial charge in [0, 0.05) is 25.8 Å². The van der Waals surface area contributed by atoms with Crippen LogP contribution >= 0.6 is 11.3 Å². The van der Waals surface area contributed by atoms with Crippen molar-refractivity contribution >= 4 is 45.4 Å². The number of allylic oxidation sites excluding steroid dienone is 1. The highest BCUT2D eigenvalue weighted by molar-refractivity contribution is 7.16. The maximum Gasteiger partial charge on any atom is 0.287 e. The summed E-state index contributed by atoms with van der Waals surface area (Å²) in [6.07, 6.45) is 2.32. The SMILES string of the molecule is NC(=O)Cc1csc2nc(C(=O)NCc3ccc4c(c3)CN(/C=C(\N)C(=O)C=O)CC4)[nH]c(=O)c12. The number of nitrogens with zero attached hydrogens (tertiary/aromatic N) is 2. The number of hydrogen-bond donors (Lipinski definition) is 4. The molecule has 0 fully saturated rings. The minimum absolute atomic E-state index is 0.0815. The van der Waals surface area contributed by atoms with Crippen molar-refractivity contribution in [2.75, 3.05) is 6.54 Å². The van der Waals surface area contributed by atoms with Gasteiger partial charge in [-0.15, -0.1) is 11.3 Å². The van der Waals surface area contributed by atoms with Crippen molar-refractivity contribution in [1.82, 2.24) is 20.2 Å². The number of H-pyrrole nitrogens is 1. The van der Waals surface area contributed by atoms with E-state index in [4.69, 9.17) is 11.5 Å². The molecule has 0 radical (unpaired) electrons. The summed E-state index contributed by atoms with van der Waals surface area (Å²) in [6, 6.07) is 5.83. The number of rotatable bonds is 8. The molecule has 6 N–H and O–H groups in total. The lowest BCUT2D eigenvalue weighted by Gasteiger charge is -2.28. The molecule has 4 rings (SSSR count). The Morgan fingerprint density at radius 2 is 2.03 bits per heavy atom. The van der Waals surface area contributed by atoms with Crippen molar-refractivity contribution in [3.05, 3.63) is 73.9 Å². The average molecular weight is 495 g/mol. The summed E-state index contributed by atoms with van der Waals surface area (Å²) >= 11 is 1.16. The number of hydrogen-bond acceptors (Lipinski definition) is 9. The third-order valence-electron chi connectivity index (χ3n) is 5.58. The van der Waals surface area contributed by atoms with Crippen molar-refractivity contribution in [2.45, 2.75) is 25.9 Å². The molecule has 2 aromatic heterocycles. The Balaban J connectivity index is 1.45. The quantitative estimate of drug-likeness (QED) is 0.190. The van der Waals surface area contributed by atoms with Gasteiger partial charge in [-0.05, 0) is 34.1 Å². The molecule has 0 saturated heterocycles. The molecule has 0 spiro atoms. The number of fused-ring (bicyclic) bond motifs is 2. The lowest BCUT2D eigenvalue weighted by molar-refractivity contribution is -0.127. The predicted molar refractivity (Wildman–Crippen MR) is 128 cm³/mol. The third-order valence-corrected chi connectivity index (χ3v) is 6.50. The molecule has 11 nitrogen and oxygen atoms in total. The molecule has 1 aliphatic heterocycles.